The molecule has 1 aromatic carbocycles. The SMILES string of the molecule is Cn1c(C(=O)Nc2ccccc2)c(I)c2sccc21. The number of aromatic nitrogens is 1. The molecule has 0 aliphatic carbocycles. The van der Waals surface area contributed by atoms with Crippen LogP contribution in [0.1, 0.15) is 10.5 Å². The van der Waals surface area contributed by atoms with E-state index in [1.54, 1.807) is 11.3 Å². The molecule has 3 rings (SSSR count). The number of anilines is 1. The summed E-state index contributed by atoms with van der Waals surface area (Å²) in [5, 5.41) is 4.98. The molecular weight excluding hydrogens is 371 g/mol. The summed E-state index contributed by atoms with van der Waals surface area (Å²) in [5.74, 6) is -0.0681. The number of fused-ring (bicyclic) bond motifs is 1. The van der Waals surface area contributed by atoms with E-state index >= 15 is 0 Å². The lowest BCUT2D eigenvalue weighted by Crippen LogP contribution is -2.16. The maximum Gasteiger partial charge on any atom is 0.273 e. The summed E-state index contributed by atoms with van der Waals surface area (Å²) in [6.45, 7) is 0. The first-order valence-corrected chi connectivity index (χ1v) is 7.72. The number of amides is 1. The fourth-order valence-corrected chi connectivity index (χ4v) is 4.19. The second kappa shape index (κ2) is 4.97. The summed E-state index contributed by atoms with van der Waals surface area (Å²) in [7, 11) is 1.93. The van der Waals surface area contributed by atoms with Crippen LogP contribution in [-0.4, -0.2) is 10.5 Å². The van der Waals surface area contributed by atoms with Crippen LogP contribution in [0.15, 0.2) is 41.8 Å². The Balaban J connectivity index is 2.00. The van der Waals surface area contributed by atoms with Crippen molar-refractivity contribution in [1.29, 1.82) is 0 Å². The van der Waals surface area contributed by atoms with Crippen LogP contribution in [0.5, 0.6) is 0 Å². The molecule has 0 bridgehead atoms. The van der Waals surface area contributed by atoms with E-state index in [0.717, 1.165) is 14.8 Å². The van der Waals surface area contributed by atoms with Gasteiger partial charge in [0.1, 0.15) is 5.69 Å². The third-order valence-corrected chi connectivity index (χ3v) is 5.33. The van der Waals surface area contributed by atoms with Crippen LogP contribution in [0.4, 0.5) is 5.69 Å². The Morgan fingerprint density at radius 3 is 2.68 bits per heavy atom. The third-order valence-electron chi connectivity index (χ3n) is 3.00. The van der Waals surface area contributed by atoms with E-state index in [1.807, 2.05) is 53.4 Å². The quantitative estimate of drug-likeness (QED) is 0.666. The minimum Gasteiger partial charge on any atom is -0.338 e. The van der Waals surface area contributed by atoms with Crippen molar-refractivity contribution < 1.29 is 4.79 Å². The van der Waals surface area contributed by atoms with Crippen LogP contribution in [0.3, 0.4) is 0 Å². The Morgan fingerprint density at radius 1 is 1.26 bits per heavy atom. The smallest absolute Gasteiger partial charge is 0.273 e. The lowest BCUT2D eigenvalue weighted by Gasteiger charge is -2.07. The molecule has 0 fully saturated rings. The minimum absolute atomic E-state index is 0.0681. The predicted octanol–water partition coefficient (Wildman–Crippen LogP) is 4.10. The van der Waals surface area contributed by atoms with Gasteiger partial charge < -0.3 is 9.88 Å². The van der Waals surface area contributed by atoms with Crippen LogP contribution in [0, 0.1) is 3.57 Å². The van der Waals surface area contributed by atoms with E-state index in [2.05, 4.69) is 27.9 Å². The van der Waals surface area contributed by atoms with Crippen LogP contribution >= 0.6 is 33.9 Å². The van der Waals surface area contributed by atoms with Gasteiger partial charge in [-0.15, -0.1) is 11.3 Å². The predicted molar refractivity (Wildman–Crippen MR) is 87.9 cm³/mol. The molecule has 0 saturated heterocycles. The molecule has 0 atom stereocenters. The Labute approximate surface area is 128 Å². The summed E-state index contributed by atoms with van der Waals surface area (Å²) in [6, 6.07) is 11.6. The third kappa shape index (κ3) is 2.17. The standard InChI is InChI=1S/C14H11IN2OS/c1-17-10-7-8-19-13(10)11(15)12(17)14(18)16-9-5-3-2-4-6-9/h2-8H,1H3,(H,16,18). The fraction of sp³-hybridized carbons (Fsp3) is 0.0714. The van der Waals surface area contributed by atoms with Crippen LogP contribution < -0.4 is 5.32 Å². The topological polar surface area (TPSA) is 34.0 Å². The molecule has 96 valence electrons. The van der Waals surface area contributed by atoms with Gasteiger partial charge in [0.2, 0.25) is 0 Å². The van der Waals surface area contributed by atoms with Gasteiger partial charge in [-0.3, -0.25) is 4.79 Å². The zero-order chi connectivity index (χ0) is 13.4. The average Bonchev–Trinajstić information content (AvgIpc) is 2.96. The highest BCUT2D eigenvalue weighted by Gasteiger charge is 2.20. The van der Waals surface area contributed by atoms with E-state index < -0.39 is 0 Å². The van der Waals surface area contributed by atoms with Gasteiger partial charge in [0.25, 0.3) is 5.91 Å². The van der Waals surface area contributed by atoms with Gasteiger partial charge in [-0.1, -0.05) is 18.2 Å². The zero-order valence-electron chi connectivity index (χ0n) is 10.2. The number of para-hydroxylation sites is 1. The molecule has 1 amide bonds. The molecule has 2 heterocycles. The van der Waals surface area contributed by atoms with E-state index in [0.29, 0.717) is 5.69 Å². The van der Waals surface area contributed by atoms with E-state index in [4.69, 9.17) is 0 Å². The molecule has 5 heteroatoms. The number of nitrogens with one attached hydrogen (secondary N) is 1. The number of benzene rings is 1. The zero-order valence-corrected chi connectivity index (χ0v) is 13.2. The van der Waals surface area contributed by atoms with Crippen molar-refractivity contribution in [3.05, 3.63) is 51.0 Å². The van der Waals surface area contributed by atoms with E-state index in [9.17, 15) is 4.79 Å². The number of carbonyl (C=O) groups is 1. The number of hydrogen-bond donors (Lipinski definition) is 1. The van der Waals surface area contributed by atoms with Gasteiger partial charge in [0.15, 0.2) is 0 Å². The largest absolute Gasteiger partial charge is 0.338 e. The number of hydrogen-bond acceptors (Lipinski definition) is 2. The second-order valence-electron chi connectivity index (χ2n) is 4.18. The highest BCUT2D eigenvalue weighted by molar-refractivity contribution is 14.1. The normalized spacial score (nSPS) is 10.8. The highest BCUT2D eigenvalue weighted by atomic mass is 127. The van der Waals surface area contributed by atoms with Gasteiger partial charge in [0.05, 0.1) is 13.8 Å². The van der Waals surface area contributed by atoms with Crippen molar-refractivity contribution in [2.45, 2.75) is 0 Å². The first-order valence-electron chi connectivity index (χ1n) is 5.76. The summed E-state index contributed by atoms with van der Waals surface area (Å²) in [4.78, 5) is 12.4. The lowest BCUT2D eigenvalue weighted by molar-refractivity contribution is 0.101. The van der Waals surface area contributed by atoms with Gasteiger partial charge in [-0.2, -0.15) is 0 Å². The lowest BCUT2D eigenvalue weighted by atomic mass is 10.3. The summed E-state index contributed by atoms with van der Waals surface area (Å²) in [6.07, 6.45) is 0. The van der Waals surface area contributed by atoms with Crippen molar-refractivity contribution in [2.24, 2.45) is 7.05 Å². The van der Waals surface area contributed by atoms with Crippen molar-refractivity contribution >= 4 is 55.7 Å². The Bertz CT molecular complexity index is 711. The van der Waals surface area contributed by atoms with Crippen LogP contribution in [0.25, 0.3) is 10.2 Å². The van der Waals surface area contributed by atoms with Crippen molar-refractivity contribution in [2.75, 3.05) is 5.32 Å². The molecule has 0 aliphatic heterocycles. The van der Waals surface area contributed by atoms with Gasteiger partial charge >= 0.3 is 0 Å². The number of carbonyl (C=O) groups excluding carboxylic acids is 1. The second-order valence-corrected chi connectivity index (χ2v) is 6.17. The van der Waals surface area contributed by atoms with E-state index in [-0.39, 0.29) is 5.91 Å². The van der Waals surface area contributed by atoms with Crippen molar-refractivity contribution in [3.63, 3.8) is 0 Å². The molecule has 0 radical (unpaired) electrons. The molecule has 3 aromatic rings. The minimum atomic E-state index is -0.0681. The van der Waals surface area contributed by atoms with Gasteiger partial charge in [-0.05, 0) is 46.2 Å². The van der Waals surface area contributed by atoms with Gasteiger partial charge in [-0.25, -0.2) is 0 Å². The first kappa shape index (κ1) is 12.7. The van der Waals surface area contributed by atoms with Crippen molar-refractivity contribution in [1.82, 2.24) is 4.57 Å². The Hall–Kier alpha value is -1.34. The number of nitrogens with zero attached hydrogens (tertiary/aromatic N) is 1. The number of aryl methyl sites for hydroxylation is 1. The molecule has 1 N–H and O–H groups in total. The molecular formula is C14H11IN2OS. The Morgan fingerprint density at radius 2 is 2.00 bits per heavy atom. The number of halogens is 1. The molecule has 0 aliphatic rings. The average molecular weight is 382 g/mol. The molecule has 3 nitrogen and oxygen atoms in total. The van der Waals surface area contributed by atoms with Crippen LogP contribution in [0.2, 0.25) is 0 Å². The maximum absolute atomic E-state index is 12.4. The van der Waals surface area contributed by atoms with E-state index in [1.165, 1.54) is 4.70 Å². The monoisotopic (exact) mass is 382 g/mol. The molecule has 0 unspecified atom stereocenters. The molecule has 0 saturated carbocycles. The van der Waals surface area contributed by atoms with Crippen LogP contribution in [-0.2, 0) is 7.05 Å². The Kier molecular flexibility index (Phi) is 3.32. The number of thiophene rings is 1. The van der Waals surface area contributed by atoms with Crippen molar-refractivity contribution in [3.8, 4) is 0 Å². The van der Waals surface area contributed by atoms with Gasteiger partial charge in [0, 0.05) is 12.7 Å². The maximum atomic E-state index is 12.4. The number of rotatable bonds is 2. The molecule has 19 heavy (non-hydrogen) atoms. The first-order chi connectivity index (χ1) is 9.18. The fourth-order valence-electron chi connectivity index (χ4n) is 2.07. The summed E-state index contributed by atoms with van der Waals surface area (Å²) >= 11 is 3.91. The summed E-state index contributed by atoms with van der Waals surface area (Å²) < 4.78 is 4.13. The molecule has 2 aromatic heterocycles. The molecule has 0 spiro atoms. The summed E-state index contributed by atoms with van der Waals surface area (Å²) in [5.41, 5.74) is 2.63. The highest BCUT2D eigenvalue weighted by Crippen LogP contribution is 2.31.